The van der Waals surface area contributed by atoms with Crippen LogP contribution in [0.15, 0.2) is 66.7 Å². The molecule has 8 nitrogen and oxygen atoms in total. The zero-order valence-electron chi connectivity index (χ0n) is 25.7. The monoisotopic (exact) mass is 573 g/mol. The summed E-state index contributed by atoms with van der Waals surface area (Å²) in [6, 6.07) is 17.7. The van der Waals surface area contributed by atoms with Crippen molar-refractivity contribution in [3.63, 3.8) is 0 Å². The Morgan fingerprint density at radius 2 is 1.55 bits per heavy atom. The number of amides is 3. The van der Waals surface area contributed by atoms with Crippen molar-refractivity contribution in [2.75, 3.05) is 11.9 Å². The fraction of sp³-hybridized carbons (Fsp3) is 0.382. The fourth-order valence-corrected chi connectivity index (χ4v) is 4.76. The Hall–Kier alpha value is -4.33. The number of anilines is 1. The van der Waals surface area contributed by atoms with Crippen molar-refractivity contribution in [2.45, 2.75) is 79.0 Å². The molecule has 0 saturated carbocycles. The highest BCUT2D eigenvalue weighted by Gasteiger charge is 2.37. The third-order valence-electron chi connectivity index (χ3n) is 7.02. The summed E-state index contributed by atoms with van der Waals surface area (Å²) in [5.74, 6) is -0.667. The number of alkyl carbamates (subject to hydrolysis) is 1. The highest BCUT2D eigenvalue weighted by atomic mass is 16.6. The van der Waals surface area contributed by atoms with Gasteiger partial charge in [-0.2, -0.15) is 0 Å². The summed E-state index contributed by atoms with van der Waals surface area (Å²) in [7, 11) is 0. The van der Waals surface area contributed by atoms with Crippen molar-refractivity contribution < 1.29 is 24.2 Å². The number of ether oxygens (including phenoxy) is 1. The lowest BCUT2D eigenvalue weighted by Gasteiger charge is -2.35. The maximum atomic E-state index is 14.5. The lowest BCUT2D eigenvalue weighted by atomic mass is 9.94. The summed E-state index contributed by atoms with van der Waals surface area (Å²) in [6.07, 6.45) is -0.00983. The van der Waals surface area contributed by atoms with Gasteiger partial charge in [-0.3, -0.25) is 9.59 Å². The van der Waals surface area contributed by atoms with Crippen LogP contribution in [0.25, 0.3) is 0 Å². The molecule has 0 aliphatic carbocycles. The molecular weight excluding hydrogens is 530 g/mol. The normalized spacial score (nSPS) is 12.6. The second kappa shape index (κ2) is 14.0. The van der Waals surface area contributed by atoms with E-state index in [1.165, 1.54) is 12.1 Å². The quantitative estimate of drug-likeness (QED) is 0.261. The molecular formula is C34H43N3O5. The molecule has 0 aliphatic heterocycles. The van der Waals surface area contributed by atoms with Crippen molar-refractivity contribution in [3.8, 4) is 5.75 Å². The van der Waals surface area contributed by atoms with E-state index in [2.05, 4.69) is 10.6 Å². The van der Waals surface area contributed by atoms with Crippen LogP contribution in [-0.2, 0) is 20.7 Å². The number of aryl methyl sites for hydroxylation is 2. The maximum Gasteiger partial charge on any atom is 0.408 e. The van der Waals surface area contributed by atoms with Gasteiger partial charge in [-0.25, -0.2) is 4.79 Å². The first-order valence-electron chi connectivity index (χ1n) is 14.3. The number of hydrogen-bond donors (Lipinski definition) is 3. The number of rotatable bonds is 10. The van der Waals surface area contributed by atoms with Crippen LogP contribution < -0.4 is 10.6 Å². The number of phenolic OH excluding ortho intramolecular Hbond substituents is 1. The number of nitrogens with one attached hydrogen (secondary N) is 2. The molecule has 42 heavy (non-hydrogen) atoms. The van der Waals surface area contributed by atoms with Gasteiger partial charge in [0.05, 0.1) is 0 Å². The first-order chi connectivity index (χ1) is 19.8. The molecule has 0 fully saturated rings. The molecule has 3 N–H and O–H groups in total. The van der Waals surface area contributed by atoms with Gasteiger partial charge >= 0.3 is 6.09 Å². The van der Waals surface area contributed by atoms with E-state index in [4.69, 9.17) is 4.74 Å². The van der Waals surface area contributed by atoms with E-state index < -0.39 is 29.7 Å². The molecule has 0 saturated heterocycles. The van der Waals surface area contributed by atoms with Gasteiger partial charge in [0.15, 0.2) is 0 Å². The van der Waals surface area contributed by atoms with Crippen molar-refractivity contribution in [1.29, 1.82) is 0 Å². The predicted molar refractivity (Wildman–Crippen MR) is 165 cm³/mol. The molecule has 0 radical (unpaired) electrons. The molecule has 0 spiro atoms. The largest absolute Gasteiger partial charge is 0.508 e. The molecule has 0 aromatic heterocycles. The number of carbonyl (C=O) groups excluding carboxylic acids is 3. The van der Waals surface area contributed by atoms with Crippen LogP contribution in [0.2, 0.25) is 0 Å². The molecule has 2 unspecified atom stereocenters. The summed E-state index contributed by atoms with van der Waals surface area (Å²) >= 11 is 0. The summed E-state index contributed by atoms with van der Waals surface area (Å²) in [5.41, 5.74) is 4.14. The molecule has 0 bridgehead atoms. The van der Waals surface area contributed by atoms with E-state index in [0.717, 1.165) is 22.3 Å². The molecule has 224 valence electrons. The van der Waals surface area contributed by atoms with Gasteiger partial charge in [0.25, 0.3) is 5.91 Å². The topological polar surface area (TPSA) is 108 Å². The Morgan fingerprint density at radius 1 is 0.905 bits per heavy atom. The Kier molecular flexibility index (Phi) is 10.8. The van der Waals surface area contributed by atoms with E-state index in [1.807, 2.05) is 70.2 Å². The van der Waals surface area contributed by atoms with Crippen LogP contribution in [0, 0.1) is 20.8 Å². The Balaban J connectivity index is 2.09. The van der Waals surface area contributed by atoms with Crippen LogP contribution >= 0.6 is 0 Å². The summed E-state index contributed by atoms with van der Waals surface area (Å²) in [4.78, 5) is 43.1. The van der Waals surface area contributed by atoms with Crippen molar-refractivity contribution in [1.82, 2.24) is 10.2 Å². The molecule has 0 heterocycles. The van der Waals surface area contributed by atoms with Gasteiger partial charge in [0.1, 0.15) is 23.4 Å². The molecule has 3 aromatic carbocycles. The Morgan fingerprint density at radius 3 is 2.17 bits per heavy atom. The molecule has 0 aliphatic rings. The average Bonchev–Trinajstić information content (AvgIpc) is 2.91. The number of aromatic hydroxyl groups is 1. The number of carbonyl (C=O) groups is 3. The molecule has 3 amide bonds. The SMILES string of the molecule is CCCN(C(=O)C(Cc1ccc(O)cc1)NC(=O)OC(C)(C)C)C(C(=O)Nc1ccccc1C)c1cccc(C)c1C. The van der Waals surface area contributed by atoms with Crippen molar-refractivity contribution in [2.24, 2.45) is 0 Å². The molecule has 2 atom stereocenters. The minimum atomic E-state index is -1.03. The minimum absolute atomic E-state index is 0.0946. The Bertz CT molecular complexity index is 1400. The fourth-order valence-electron chi connectivity index (χ4n) is 4.76. The van der Waals surface area contributed by atoms with Gasteiger partial charge in [-0.05, 0) is 94.0 Å². The minimum Gasteiger partial charge on any atom is -0.508 e. The number of phenols is 1. The highest BCUT2D eigenvalue weighted by Crippen LogP contribution is 2.30. The third-order valence-corrected chi connectivity index (χ3v) is 7.02. The van der Waals surface area contributed by atoms with Gasteiger partial charge < -0.3 is 25.4 Å². The standard InChI is InChI=1S/C34H43N3O5/c1-8-20-37(32(40)29(36-33(41)42-34(5,6)7)21-25-16-18-26(38)19-17-25)30(27-14-11-13-22(2)24(27)4)31(39)35-28-15-10-9-12-23(28)3/h9-19,29-30,38H,8,20-21H2,1-7H3,(H,35,39)(H,36,41). The van der Waals surface area contributed by atoms with Crippen molar-refractivity contribution in [3.05, 3.63) is 94.5 Å². The van der Waals surface area contributed by atoms with Crippen molar-refractivity contribution >= 4 is 23.6 Å². The second-order valence-electron chi connectivity index (χ2n) is 11.6. The van der Waals surface area contributed by atoms with E-state index in [-0.39, 0.29) is 24.6 Å². The summed E-state index contributed by atoms with van der Waals surface area (Å²) in [6.45, 7) is 13.3. The summed E-state index contributed by atoms with van der Waals surface area (Å²) in [5, 5.41) is 15.6. The number of benzene rings is 3. The third kappa shape index (κ3) is 8.59. The predicted octanol–water partition coefficient (Wildman–Crippen LogP) is 6.37. The number of hydrogen-bond acceptors (Lipinski definition) is 5. The lowest BCUT2D eigenvalue weighted by molar-refractivity contribution is -0.140. The van der Waals surface area contributed by atoms with E-state index in [9.17, 15) is 19.5 Å². The van der Waals surface area contributed by atoms with Gasteiger partial charge in [-0.1, -0.05) is 55.5 Å². The van der Waals surface area contributed by atoms with Gasteiger partial charge in [0.2, 0.25) is 5.91 Å². The second-order valence-corrected chi connectivity index (χ2v) is 11.6. The van der Waals surface area contributed by atoms with Crippen LogP contribution in [0.1, 0.15) is 68.0 Å². The van der Waals surface area contributed by atoms with Gasteiger partial charge in [-0.15, -0.1) is 0 Å². The maximum absolute atomic E-state index is 14.5. The number of nitrogens with zero attached hydrogens (tertiary/aromatic N) is 1. The zero-order valence-corrected chi connectivity index (χ0v) is 25.7. The van der Waals surface area contributed by atoms with E-state index >= 15 is 0 Å². The highest BCUT2D eigenvalue weighted by molar-refractivity contribution is 5.99. The van der Waals surface area contributed by atoms with E-state index in [1.54, 1.807) is 37.8 Å². The number of para-hydroxylation sites is 1. The molecule has 8 heteroatoms. The average molecular weight is 574 g/mol. The van der Waals surface area contributed by atoms with Crippen LogP contribution in [-0.4, -0.2) is 46.1 Å². The molecule has 3 aromatic rings. The van der Waals surface area contributed by atoms with Crippen LogP contribution in [0.4, 0.5) is 10.5 Å². The molecule has 3 rings (SSSR count). The van der Waals surface area contributed by atoms with Crippen LogP contribution in [0.5, 0.6) is 5.75 Å². The first kappa shape index (κ1) is 32.2. The first-order valence-corrected chi connectivity index (χ1v) is 14.3. The summed E-state index contributed by atoms with van der Waals surface area (Å²) < 4.78 is 5.49. The lowest BCUT2D eigenvalue weighted by Crippen LogP contribution is -2.53. The Labute approximate surface area is 249 Å². The van der Waals surface area contributed by atoms with Gasteiger partial charge in [0, 0.05) is 18.7 Å². The van der Waals surface area contributed by atoms with Crippen LogP contribution in [0.3, 0.4) is 0 Å². The smallest absolute Gasteiger partial charge is 0.408 e. The van der Waals surface area contributed by atoms with E-state index in [0.29, 0.717) is 17.7 Å². The zero-order chi connectivity index (χ0) is 31.0.